The summed E-state index contributed by atoms with van der Waals surface area (Å²) in [5.41, 5.74) is 0.954. The maximum absolute atomic E-state index is 11.3. The molecule has 0 atom stereocenters. The van der Waals surface area contributed by atoms with Crippen LogP contribution < -0.4 is 0 Å². The van der Waals surface area contributed by atoms with Gasteiger partial charge in [0.25, 0.3) is 0 Å². The van der Waals surface area contributed by atoms with Gasteiger partial charge in [0.15, 0.2) is 0 Å². The van der Waals surface area contributed by atoms with E-state index in [2.05, 4.69) is 6.07 Å². The van der Waals surface area contributed by atoms with Gasteiger partial charge in [-0.25, -0.2) is 4.79 Å². The van der Waals surface area contributed by atoms with Crippen molar-refractivity contribution < 1.29 is 9.90 Å². The van der Waals surface area contributed by atoms with E-state index >= 15 is 0 Å². The third-order valence-corrected chi connectivity index (χ3v) is 3.96. The van der Waals surface area contributed by atoms with Crippen LogP contribution in [-0.4, -0.2) is 11.1 Å². The minimum Gasteiger partial charge on any atom is -0.478 e. The Morgan fingerprint density at radius 3 is 2.56 bits per heavy atom. The molecule has 2 rings (SSSR count). The second-order valence-electron chi connectivity index (χ2n) is 5.03. The number of hydrogen-bond donors (Lipinski definition) is 1. The van der Waals surface area contributed by atoms with Crippen molar-refractivity contribution in [1.29, 1.82) is 5.26 Å². The lowest BCUT2D eigenvalue weighted by Crippen LogP contribution is -2.30. The smallest absolute Gasteiger partial charge is 0.335 e. The van der Waals surface area contributed by atoms with Crippen molar-refractivity contribution in [2.75, 3.05) is 0 Å². The number of nitrogens with zero attached hydrogens (tertiary/aromatic N) is 1. The summed E-state index contributed by atoms with van der Waals surface area (Å²) in [6.07, 6.45) is 5.60. The fraction of sp³-hybridized carbons (Fsp3) is 0.467. The molecule has 18 heavy (non-hydrogen) atoms. The maximum Gasteiger partial charge on any atom is 0.335 e. The molecule has 1 saturated carbocycles. The van der Waals surface area contributed by atoms with Gasteiger partial charge in [-0.2, -0.15) is 5.26 Å². The molecule has 1 N–H and O–H groups in total. The van der Waals surface area contributed by atoms with E-state index in [0.29, 0.717) is 12.0 Å². The molecule has 0 spiro atoms. The predicted molar refractivity (Wildman–Crippen MR) is 68.4 cm³/mol. The molecule has 3 heteroatoms. The molecule has 0 radical (unpaired) electrons. The highest BCUT2D eigenvalue weighted by Gasteiger charge is 2.36. The molecule has 94 valence electrons. The van der Waals surface area contributed by atoms with Crippen LogP contribution >= 0.6 is 0 Å². The zero-order chi connectivity index (χ0) is 13.0. The number of carbonyl (C=O) groups is 1. The number of carboxylic acids is 1. The van der Waals surface area contributed by atoms with Crippen LogP contribution in [0.5, 0.6) is 0 Å². The van der Waals surface area contributed by atoms with Crippen LogP contribution in [0.2, 0.25) is 0 Å². The summed E-state index contributed by atoms with van der Waals surface area (Å²) in [7, 11) is 0. The SMILES string of the molecule is N#CCC1(c2ccccc2C(=O)O)CCCCC1. The van der Waals surface area contributed by atoms with E-state index in [1.54, 1.807) is 12.1 Å². The first-order valence-corrected chi connectivity index (χ1v) is 6.39. The van der Waals surface area contributed by atoms with Crippen molar-refractivity contribution in [2.45, 2.75) is 43.9 Å². The number of aromatic carboxylic acids is 1. The third kappa shape index (κ3) is 2.24. The van der Waals surface area contributed by atoms with Crippen LogP contribution in [0.25, 0.3) is 0 Å². The van der Waals surface area contributed by atoms with E-state index in [0.717, 1.165) is 31.2 Å². The molecule has 0 amide bonds. The topological polar surface area (TPSA) is 61.1 Å². The van der Waals surface area contributed by atoms with Crippen LogP contribution in [0.15, 0.2) is 24.3 Å². The fourth-order valence-corrected chi connectivity index (χ4v) is 3.05. The van der Waals surface area contributed by atoms with E-state index in [4.69, 9.17) is 5.26 Å². The largest absolute Gasteiger partial charge is 0.478 e. The van der Waals surface area contributed by atoms with Crippen molar-refractivity contribution in [2.24, 2.45) is 0 Å². The minimum atomic E-state index is -0.895. The number of benzene rings is 1. The summed E-state index contributed by atoms with van der Waals surface area (Å²) in [6.45, 7) is 0. The number of carboxylic acid groups (broad SMARTS) is 1. The molecule has 0 heterocycles. The van der Waals surface area contributed by atoms with E-state index < -0.39 is 5.97 Å². The zero-order valence-electron chi connectivity index (χ0n) is 10.4. The fourth-order valence-electron chi connectivity index (χ4n) is 3.05. The molecule has 0 bridgehead atoms. The molecule has 3 nitrogen and oxygen atoms in total. The minimum absolute atomic E-state index is 0.248. The van der Waals surface area contributed by atoms with Gasteiger partial charge >= 0.3 is 5.97 Å². The summed E-state index contributed by atoms with van der Waals surface area (Å²) >= 11 is 0. The number of nitriles is 1. The molecule has 0 unspecified atom stereocenters. The lowest BCUT2D eigenvalue weighted by atomic mass is 9.66. The van der Waals surface area contributed by atoms with Gasteiger partial charge < -0.3 is 5.11 Å². The van der Waals surface area contributed by atoms with Crippen LogP contribution in [0.3, 0.4) is 0 Å². The Kier molecular flexibility index (Phi) is 3.66. The molecule has 0 saturated heterocycles. The Morgan fingerprint density at radius 2 is 1.94 bits per heavy atom. The Morgan fingerprint density at radius 1 is 1.28 bits per heavy atom. The van der Waals surface area contributed by atoms with E-state index in [1.807, 2.05) is 12.1 Å². The van der Waals surface area contributed by atoms with Gasteiger partial charge in [-0.15, -0.1) is 0 Å². The van der Waals surface area contributed by atoms with Gasteiger partial charge in [0.2, 0.25) is 0 Å². The number of hydrogen-bond acceptors (Lipinski definition) is 2. The summed E-state index contributed by atoms with van der Waals surface area (Å²) < 4.78 is 0. The summed E-state index contributed by atoms with van der Waals surface area (Å²) in [5.74, 6) is -0.895. The van der Waals surface area contributed by atoms with Gasteiger partial charge in [0, 0.05) is 11.8 Å². The van der Waals surface area contributed by atoms with Gasteiger partial charge in [-0.3, -0.25) is 0 Å². The van der Waals surface area contributed by atoms with Crippen molar-refractivity contribution in [1.82, 2.24) is 0 Å². The van der Waals surface area contributed by atoms with Crippen LogP contribution in [0, 0.1) is 11.3 Å². The van der Waals surface area contributed by atoms with Crippen molar-refractivity contribution in [3.05, 3.63) is 35.4 Å². The molecule has 1 aromatic rings. The lowest BCUT2D eigenvalue weighted by Gasteiger charge is -2.36. The highest BCUT2D eigenvalue weighted by molar-refractivity contribution is 5.89. The molecule has 1 aliphatic carbocycles. The van der Waals surface area contributed by atoms with Gasteiger partial charge in [0.1, 0.15) is 0 Å². The van der Waals surface area contributed by atoms with Crippen molar-refractivity contribution in [3.63, 3.8) is 0 Å². The van der Waals surface area contributed by atoms with E-state index in [-0.39, 0.29) is 5.41 Å². The molecular weight excluding hydrogens is 226 g/mol. The average Bonchev–Trinajstić information content (AvgIpc) is 2.40. The van der Waals surface area contributed by atoms with Gasteiger partial charge in [-0.1, -0.05) is 37.5 Å². The first-order chi connectivity index (χ1) is 8.69. The Hall–Kier alpha value is -1.82. The van der Waals surface area contributed by atoms with Crippen LogP contribution in [-0.2, 0) is 5.41 Å². The zero-order valence-corrected chi connectivity index (χ0v) is 10.4. The van der Waals surface area contributed by atoms with E-state index in [1.165, 1.54) is 6.42 Å². The molecule has 1 aromatic carbocycles. The lowest BCUT2D eigenvalue weighted by molar-refractivity contribution is 0.0692. The Balaban J connectivity index is 2.49. The van der Waals surface area contributed by atoms with Crippen molar-refractivity contribution >= 4 is 5.97 Å². The molecule has 0 aliphatic heterocycles. The third-order valence-electron chi connectivity index (χ3n) is 3.96. The maximum atomic E-state index is 11.3. The van der Waals surface area contributed by atoms with Gasteiger partial charge in [0.05, 0.1) is 11.6 Å². The predicted octanol–water partition coefficient (Wildman–Crippen LogP) is 3.50. The Bertz CT molecular complexity index is 482. The summed E-state index contributed by atoms with van der Waals surface area (Å²) in [6, 6.07) is 9.39. The monoisotopic (exact) mass is 243 g/mol. The first-order valence-electron chi connectivity index (χ1n) is 6.39. The van der Waals surface area contributed by atoms with Crippen molar-refractivity contribution in [3.8, 4) is 6.07 Å². The Labute approximate surface area is 107 Å². The molecule has 1 aliphatic rings. The van der Waals surface area contributed by atoms with Crippen LogP contribution in [0.4, 0.5) is 0 Å². The van der Waals surface area contributed by atoms with E-state index in [9.17, 15) is 9.90 Å². The summed E-state index contributed by atoms with van der Waals surface area (Å²) in [5, 5.41) is 18.4. The number of rotatable bonds is 3. The molecular formula is C15H17NO2. The molecule has 0 aromatic heterocycles. The normalized spacial score (nSPS) is 17.9. The highest BCUT2D eigenvalue weighted by Crippen LogP contribution is 2.43. The quantitative estimate of drug-likeness (QED) is 0.883. The highest BCUT2D eigenvalue weighted by atomic mass is 16.4. The second-order valence-corrected chi connectivity index (χ2v) is 5.03. The first kappa shape index (κ1) is 12.6. The second kappa shape index (κ2) is 5.22. The van der Waals surface area contributed by atoms with Gasteiger partial charge in [-0.05, 0) is 24.5 Å². The average molecular weight is 243 g/mol. The standard InChI is InChI=1S/C15H17NO2/c16-11-10-15(8-4-1-5-9-15)13-7-3-2-6-12(13)14(17)18/h2-3,6-7H,1,4-5,8-10H2,(H,17,18). The molecule has 1 fully saturated rings. The summed E-state index contributed by atoms with van der Waals surface area (Å²) in [4.78, 5) is 11.3. The van der Waals surface area contributed by atoms with Crippen LogP contribution in [0.1, 0.15) is 54.4 Å².